The Morgan fingerprint density at radius 1 is 1.28 bits per heavy atom. The second-order valence-corrected chi connectivity index (χ2v) is 6.46. The quantitative estimate of drug-likeness (QED) is 0.834. The van der Waals surface area contributed by atoms with E-state index in [9.17, 15) is 0 Å². The summed E-state index contributed by atoms with van der Waals surface area (Å²) < 4.78 is 5.71. The normalized spacial score (nSPS) is 29.0. The largest absolute Gasteiger partial charge is 0.377 e. The molecule has 2 rings (SSSR count). The Morgan fingerprint density at radius 2 is 2.00 bits per heavy atom. The first-order chi connectivity index (χ1) is 8.61. The third-order valence-electron chi connectivity index (χ3n) is 4.54. The molecular weight excluding hydrogens is 224 g/mol. The molecule has 0 radical (unpaired) electrons. The summed E-state index contributed by atoms with van der Waals surface area (Å²) in [6.07, 6.45) is 7.31. The summed E-state index contributed by atoms with van der Waals surface area (Å²) >= 11 is 0. The fourth-order valence-corrected chi connectivity index (χ4v) is 3.36. The van der Waals surface area contributed by atoms with Crippen LogP contribution in [0, 0.1) is 0 Å². The number of nitrogens with one attached hydrogen (secondary N) is 1. The van der Waals surface area contributed by atoms with Crippen LogP contribution >= 0.6 is 0 Å². The first kappa shape index (κ1) is 14.3. The van der Waals surface area contributed by atoms with Crippen LogP contribution in [0.3, 0.4) is 0 Å². The Kier molecular flexibility index (Phi) is 5.05. The predicted molar refractivity (Wildman–Crippen MR) is 75.9 cm³/mol. The van der Waals surface area contributed by atoms with Gasteiger partial charge >= 0.3 is 0 Å². The van der Waals surface area contributed by atoms with Gasteiger partial charge in [-0.05, 0) is 33.6 Å². The van der Waals surface area contributed by atoms with Crippen molar-refractivity contribution in [2.45, 2.75) is 70.6 Å². The Labute approximate surface area is 112 Å². The van der Waals surface area contributed by atoms with Crippen molar-refractivity contribution in [1.29, 1.82) is 0 Å². The molecule has 0 aromatic rings. The van der Waals surface area contributed by atoms with Crippen molar-refractivity contribution in [1.82, 2.24) is 10.2 Å². The summed E-state index contributed by atoms with van der Waals surface area (Å²) in [6.45, 7) is 10.9. The maximum atomic E-state index is 5.71. The zero-order chi connectivity index (χ0) is 13.0. The molecule has 1 spiro atoms. The molecule has 3 heteroatoms. The Bertz CT molecular complexity index is 249. The molecule has 18 heavy (non-hydrogen) atoms. The molecule has 0 bridgehead atoms. The van der Waals surface area contributed by atoms with E-state index in [1.165, 1.54) is 38.6 Å². The third-order valence-corrected chi connectivity index (χ3v) is 4.54. The van der Waals surface area contributed by atoms with Crippen molar-refractivity contribution in [2.75, 3.05) is 26.2 Å². The number of hydrogen-bond donors (Lipinski definition) is 1. The summed E-state index contributed by atoms with van der Waals surface area (Å²) in [5.41, 5.74) is 0.419. The Hall–Kier alpha value is -0.120. The highest BCUT2D eigenvalue weighted by Crippen LogP contribution is 2.31. The second-order valence-electron chi connectivity index (χ2n) is 6.46. The van der Waals surface area contributed by atoms with E-state index in [0.717, 1.165) is 19.7 Å². The molecule has 106 valence electrons. The van der Waals surface area contributed by atoms with Gasteiger partial charge in [-0.3, -0.25) is 4.90 Å². The van der Waals surface area contributed by atoms with Crippen molar-refractivity contribution >= 4 is 0 Å². The van der Waals surface area contributed by atoms with Crippen molar-refractivity contribution in [2.24, 2.45) is 0 Å². The van der Waals surface area contributed by atoms with Gasteiger partial charge in [0.2, 0.25) is 0 Å². The molecular formula is C15H30N2O. The van der Waals surface area contributed by atoms with E-state index in [-0.39, 0.29) is 0 Å². The smallest absolute Gasteiger partial charge is 0.0597 e. The molecule has 0 aromatic heterocycles. The van der Waals surface area contributed by atoms with E-state index in [2.05, 4.69) is 31.0 Å². The zero-order valence-electron chi connectivity index (χ0n) is 12.4. The van der Waals surface area contributed by atoms with Gasteiger partial charge in [0.25, 0.3) is 0 Å². The lowest BCUT2D eigenvalue weighted by molar-refractivity contribution is 0.0164. The van der Waals surface area contributed by atoms with E-state index in [1.807, 2.05) is 0 Å². The minimum Gasteiger partial charge on any atom is -0.377 e. The standard InChI is InChI=1S/C15H30N2O/c1-13(2)18-10-9-17-12-15(16-11-14(17)3)7-5-4-6-8-15/h13-14,16H,4-12H2,1-3H3. The average molecular weight is 254 g/mol. The van der Waals surface area contributed by atoms with E-state index in [1.54, 1.807) is 0 Å². The number of hydrogen-bond acceptors (Lipinski definition) is 3. The summed E-state index contributed by atoms with van der Waals surface area (Å²) in [6, 6.07) is 0.647. The number of rotatable bonds is 4. The molecule has 1 N–H and O–H groups in total. The molecule has 1 saturated heterocycles. The monoisotopic (exact) mass is 254 g/mol. The molecule has 1 unspecified atom stereocenters. The topological polar surface area (TPSA) is 24.5 Å². The molecule has 1 atom stereocenters. The predicted octanol–water partition coefficient (Wildman–Crippen LogP) is 2.41. The number of nitrogens with zero attached hydrogens (tertiary/aromatic N) is 1. The van der Waals surface area contributed by atoms with Gasteiger partial charge in [-0.15, -0.1) is 0 Å². The number of piperazine rings is 1. The fraction of sp³-hybridized carbons (Fsp3) is 1.00. The molecule has 0 amide bonds. The second kappa shape index (κ2) is 6.36. The van der Waals surface area contributed by atoms with Gasteiger partial charge in [0, 0.05) is 31.2 Å². The maximum absolute atomic E-state index is 5.71. The van der Waals surface area contributed by atoms with Crippen molar-refractivity contribution in [3.63, 3.8) is 0 Å². The molecule has 3 nitrogen and oxygen atoms in total. The van der Waals surface area contributed by atoms with Gasteiger partial charge in [0.05, 0.1) is 12.7 Å². The van der Waals surface area contributed by atoms with Crippen LogP contribution in [-0.2, 0) is 4.74 Å². The van der Waals surface area contributed by atoms with E-state index < -0.39 is 0 Å². The van der Waals surface area contributed by atoms with Crippen LogP contribution in [0.5, 0.6) is 0 Å². The van der Waals surface area contributed by atoms with Gasteiger partial charge in [-0.25, -0.2) is 0 Å². The first-order valence-corrected chi connectivity index (χ1v) is 7.72. The lowest BCUT2D eigenvalue weighted by atomic mass is 9.79. The van der Waals surface area contributed by atoms with Crippen molar-refractivity contribution in [3.05, 3.63) is 0 Å². The molecule has 2 fully saturated rings. The Balaban J connectivity index is 1.84. The molecule has 1 aliphatic carbocycles. The zero-order valence-corrected chi connectivity index (χ0v) is 12.4. The first-order valence-electron chi connectivity index (χ1n) is 7.72. The highest BCUT2D eigenvalue weighted by atomic mass is 16.5. The van der Waals surface area contributed by atoms with Gasteiger partial charge < -0.3 is 10.1 Å². The fourth-order valence-electron chi connectivity index (χ4n) is 3.36. The van der Waals surface area contributed by atoms with E-state index in [4.69, 9.17) is 4.74 Å². The summed E-state index contributed by atoms with van der Waals surface area (Å²) in [4.78, 5) is 2.63. The highest BCUT2D eigenvalue weighted by molar-refractivity contribution is 4.98. The van der Waals surface area contributed by atoms with Crippen LogP contribution in [0.1, 0.15) is 52.9 Å². The number of ether oxygens (including phenoxy) is 1. The van der Waals surface area contributed by atoms with Crippen LogP contribution in [-0.4, -0.2) is 48.8 Å². The van der Waals surface area contributed by atoms with Crippen LogP contribution in [0.2, 0.25) is 0 Å². The summed E-state index contributed by atoms with van der Waals surface area (Å²) in [7, 11) is 0. The van der Waals surface area contributed by atoms with Gasteiger partial charge in [0.15, 0.2) is 0 Å². The molecule has 1 heterocycles. The van der Waals surface area contributed by atoms with Crippen molar-refractivity contribution < 1.29 is 4.74 Å². The minimum atomic E-state index is 0.354. The van der Waals surface area contributed by atoms with Crippen LogP contribution in [0.4, 0.5) is 0 Å². The van der Waals surface area contributed by atoms with Crippen LogP contribution in [0.15, 0.2) is 0 Å². The van der Waals surface area contributed by atoms with E-state index >= 15 is 0 Å². The van der Waals surface area contributed by atoms with E-state index in [0.29, 0.717) is 17.7 Å². The highest BCUT2D eigenvalue weighted by Gasteiger charge is 2.38. The maximum Gasteiger partial charge on any atom is 0.0597 e. The third kappa shape index (κ3) is 3.69. The lowest BCUT2D eigenvalue weighted by Gasteiger charge is -2.49. The summed E-state index contributed by atoms with van der Waals surface area (Å²) in [5, 5.41) is 3.83. The van der Waals surface area contributed by atoms with Crippen LogP contribution in [0.25, 0.3) is 0 Å². The van der Waals surface area contributed by atoms with Gasteiger partial charge in [-0.1, -0.05) is 19.3 Å². The molecule has 1 aliphatic heterocycles. The average Bonchev–Trinajstić information content (AvgIpc) is 2.35. The SMILES string of the molecule is CC(C)OCCN1CC2(CCCCC2)NCC1C. The van der Waals surface area contributed by atoms with Crippen LogP contribution < -0.4 is 5.32 Å². The molecule has 2 aliphatic rings. The summed E-state index contributed by atoms with van der Waals surface area (Å²) in [5.74, 6) is 0. The van der Waals surface area contributed by atoms with Gasteiger partial charge in [-0.2, -0.15) is 0 Å². The minimum absolute atomic E-state index is 0.354. The lowest BCUT2D eigenvalue weighted by Crippen LogP contribution is -2.64. The van der Waals surface area contributed by atoms with Gasteiger partial charge in [0.1, 0.15) is 0 Å². The molecule has 0 aromatic carbocycles. The molecule has 1 saturated carbocycles. The van der Waals surface area contributed by atoms with Crippen molar-refractivity contribution in [3.8, 4) is 0 Å². The Morgan fingerprint density at radius 3 is 2.67 bits per heavy atom.